The van der Waals surface area contributed by atoms with Crippen molar-refractivity contribution in [2.75, 3.05) is 27.1 Å². The average Bonchev–Trinajstić information content (AvgIpc) is 3.08. The van der Waals surface area contributed by atoms with Gasteiger partial charge in [-0.2, -0.15) is 0 Å². The van der Waals surface area contributed by atoms with E-state index in [-0.39, 0.29) is 11.6 Å². The van der Waals surface area contributed by atoms with E-state index in [1.54, 1.807) is 30.3 Å². The van der Waals surface area contributed by atoms with Gasteiger partial charge < -0.3 is 19.9 Å². The number of carbonyl (C=O) groups is 1. The standard InChI is InChI=1S/C20H18FNO4S/c1-24-15-8-12(9-16(25-2)19(15)26-3)18(23)14-10-17(27-20(14)22)11-4-6-13(21)7-5-11/h4-10H,22H2,1-3H3. The van der Waals surface area contributed by atoms with Crippen molar-refractivity contribution in [2.45, 2.75) is 0 Å². The van der Waals surface area contributed by atoms with Crippen molar-refractivity contribution in [1.82, 2.24) is 0 Å². The quantitative estimate of drug-likeness (QED) is 0.635. The summed E-state index contributed by atoms with van der Waals surface area (Å²) in [5.74, 6) is 0.579. The number of hydrogen-bond acceptors (Lipinski definition) is 6. The summed E-state index contributed by atoms with van der Waals surface area (Å²) in [7, 11) is 4.46. The zero-order valence-corrected chi connectivity index (χ0v) is 15.9. The number of rotatable bonds is 6. The van der Waals surface area contributed by atoms with Crippen LogP contribution in [0.3, 0.4) is 0 Å². The molecule has 5 nitrogen and oxygen atoms in total. The fourth-order valence-corrected chi connectivity index (χ4v) is 3.64. The molecular weight excluding hydrogens is 369 g/mol. The van der Waals surface area contributed by atoms with E-state index in [2.05, 4.69) is 0 Å². The van der Waals surface area contributed by atoms with Crippen molar-refractivity contribution < 1.29 is 23.4 Å². The normalized spacial score (nSPS) is 10.5. The van der Waals surface area contributed by atoms with Gasteiger partial charge in [-0.3, -0.25) is 4.79 Å². The van der Waals surface area contributed by atoms with Crippen LogP contribution in [0.5, 0.6) is 17.2 Å². The molecule has 2 N–H and O–H groups in total. The van der Waals surface area contributed by atoms with Crippen LogP contribution in [-0.2, 0) is 0 Å². The van der Waals surface area contributed by atoms with Gasteiger partial charge in [0.15, 0.2) is 17.3 Å². The van der Waals surface area contributed by atoms with E-state index in [0.717, 1.165) is 10.4 Å². The lowest BCUT2D eigenvalue weighted by molar-refractivity contribution is 0.103. The molecule has 1 heterocycles. The number of thiophene rings is 1. The van der Waals surface area contributed by atoms with Crippen molar-refractivity contribution in [2.24, 2.45) is 0 Å². The summed E-state index contributed by atoms with van der Waals surface area (Å²) in [5.41, 5.74) is 7.60. The van der Waals surface area contributed by atoms with E-state index in [1.807, 2.05) is 0 Å². The van der Waals surface area contributed by atoms with Crippen molar-refractivity contribution in [3.63, 3.8) is 0 Å². The van der Waals surface area contributed by atoms with Crippen LogP contribution in [0, 0.1) is 5.82 Å². The minimum absolute atomic E-state index is 0.267. The Kier molecular flexibility index (Phi) is 5.32. The first-order chi connectivity index (χ1) is 13.0. The van der Waals surface area contributed by atoms with Crippen LogP contribution in [0.25, 0.3) is 10.4 Å². The highest BCUT2D eigenvalue weighted by molar-refractivity contribution is 7.19. The number of nitrogen functional groups attached to an aromatic ring is 1. The maximum absolute atomic E-state index is 13.1. The van der Waals surface area contributed by atoms with Crippen LogP contribution in [0.15, 0.2) is 42.5 Å². The number of ether oxygens (including phenoxy) is 3. The number of benzene rings is 2. The largest absolute Gasteiger partial charge is 0.493 e. The van der Waals surface area contributed by atoms with Crippen molar-refractivity contribution in [1.29, 1.82) is 0 Å². The number of halogens is 1. The predicted octanol–water partition coefficient (Wildman–Crippen LogP) is 4.39. The lowest BCUT2D eigenvalue weighted by Gasteiger charge is -2.13. The lowest BCUT2D eigenvalue weighted by Crippen LogP contribution is -2.05. The maximum atomic E-state index is 13.1. The number of methoxy groups -OCH3 is 3. The van der Waals surface area contributed by atoms with Crippen LogP contribution in [0.4, 0.5) is 9.39 Å². The Bertz CT molecular complexity index is 957. The molecule has 1 aromatic heterocycles. The van der Waals surface area contributed by atoms with E-state index in [0.29, 0.717) is 33.4 Å². The highest BCUT2D eigenvalue weighted by Crippen LogP contribution is 2.40. The summed E-state index contributed by atoms with van der Waals surface area (Å²) < 4.78 is 29.0. The Balaban J connectivity index is 2.02. The minimum Gasteiger partial charge on any atom is -0.493 e. The number of anilines is 1. The van der Waals surface area contributed by atoms with E-state index in [4.69, 9.17) is 19.9 Å². The molecule has 0 fully saturated rings. The fourth-order valence-electron chi connectivity index (χ4n) is 2.71. The zero-order chi connectivity index (χ0) is 19.6. The van der Waals surface area contributed by atoms with Crippen LogP contribution < -0.4 is 19.9 Å². The lowest BCUT2D eigenvalue weighted by atomic mass is 10.0. The minimum atomic E-state index is -0.322. The monoisotopic (exact) mass is 387 g/mol. The molecule has 0 saturated heterocycles. The van der Waals surface area contributed by atoms with E-state index < -0.39 is 0 Å². The summed E-state index contributed by atoms with van der Waals surface area (Å²) in [6, 6.07) is 10.9. The number of hydrogen-bond donors (Lipinski definition) is 1. The molecule has 0 aliphatic carbocycles. The summed E-state index contributed by atoms with van der Waals surface area (Å²) in [6.07, 6.45) is 0. The highest BCUT2D eigenvalue weighted by atomic mass is 32.1. The summed E-state index contributed by atoms with van der Waals surface area (Å²) in [5, 5.41) is 0.382. The molecule has 2 aromatic carbocycles. The number of carbonyl (C=O) groups excluding carboxylic acids is 1. The summed E-state index contributed by atoms with van der Waals surface area (Å²) >= 11 is 1.27. The molecule has 0 spiro atoms. The van der Waals surface area contributed by atoms with E-state index in [1.165, 1.54) is 44.8 Å². The molecule has 0 aliphatic rings. The highest BCUT2D eigenvalue weighted by Gasteiger charge is 2.21. The molecular formula is C20H18FNO4S. The molecule has 3 rings (SSSR count). The third-order valence-electron chi connectivity index (χ3n) is 4.06. The van der Waals surface area contributed by atoms with Gasteiger partial charge in [-0.15, -0.1) is 11.3 Å². The molecule has 0 aliphatic heterocycles. The second-order valence-corrected chi connectivity index (χ2v) is 6.72. The second-order valence-electron chi connectivity index (χ2n) is 5.64. The molecule has 3 aromatic rings. The Hall–Kier alpha value is -3.06. The molecule has 0 saturated carbocycles. The Morgan fingerprint density at radius 2 is 1.56 bits per heavy atom. The van der Waals surface area contributed by atoms with Gasteiger partial charge >= 0.3 is 0 Å². The molecule has 0 atom stereocenters. The van der Waals surface area contributed by atoms with Crippen molar-refractivity contribution in [3.8, 4) is 27.7 Å². The molecule has 0 bridgehead atoms. The topological polar surface area (TPSA) is 70.8 Å². The van der Waals surface area contributed by atoms with E-state index in [9.17, 15) is 9.18 Å². The molecule has 0 amide bonds. The van der Waals surface area contributed by atoms with Gasteiger partial charge in [0, 0.05) is 10.4 Å². The van der Waals surface area contributed by atoms with Gasteiger partial charge in [0.2, 0.25) is 5.75 Å². The maximum Gasteiger partial charge on any atom is 0.203 e. The van der Waals surface area contributed by atoms with Crippen LogP contribution >= 0.6 is 11.3 Å². The van der Waals surface area contributed by atoms with Gasteiger partial charge in [-0.25, -0.2) is 4.39 Å². The molecule has 0 unspecified atom stereocenters. The predicted molar refractivity (Wildman–Crippen MR) is 104 cm³/mol. The number of ketones is 1. The van der Waals surface area contributed by atoms with Crippen molar-refractivity contribution in [3.05, 3.63) is 59.4 Å². The summed E-state index contributed by atoms with van der Waals surface area (Å²) in [4.78, 5) is 13.8. The second kappa shape index (κ2) is 7.67. The van der Waals surface area contributed by atoms with Gasteiger partial charge in [0.25, 0.3) is 0 Å². The van der Waals surface area contributed by atoms with Gasteiger partial charge in [-0.05, 0) is 35.9 Å². The Morgan fingerprint density at radius 3 is 2.07 bits per heavy atom. The third kappa shape index (κ3) is 3.59. The molecule has 27 heavy (non-hydrogen) atoms. The van der Waals surface area contributed by atoms with Gasteiger partial charge in [0.1, 0.15) is 5.82 Å². The van der Waals surface area contributed by atoms with Gasteiger partial charge in [-0.1, -0.05) is 12.1 Å². The van der Waals surface area contributed by atoms with Crippen LogP contribution in [0.1, 0.15) is 15.9 Å². The molecule has 0 radical (unpaired) electrons. The Labute approximate surface area is 160 Å². The van der Waals surface area contributed by atoms with Crippen molar-refractivity contribution >= 4 is 22.1 Å². The van der Waals surface area contributed by atoms with Crippen LogP contribution in [-0.4, -0.2) is 27.1 Å². The zero-order valence-electron chi connectivity index (χ0n) is 15.0. The first-order valence-electron chi connectivity index (χ1n) is 7.98. The first-order valence-corrected chi connectivity index (χ1v) is 8.80. The molecule has 7 heteroatoms. The number of nitrogens with two attached hydrogens (primary N) is 1. The third-order valence-corrected chi connectivity index (χ3v) is 5.07. The van der Waals surface area contributed by atoms with Crippen LogP contribution in [0.2, 0.25) is 0 Å². The van der Waals surface area contributed by atoms with E-state index >= 15 is 0 Å². The smallest absolute Gasteiger partial charge is 0.203 e. The Morgan fingerprint density at radius 1 is 0.963 bits per heavy atom. The summed E-state index contributed by atoms with van der Waals surface area (Å²) in [6.45, 7) is 0. The first kappa shape index (κ1) is 18.7. The average molecular weight is 387 g/mol. The van der Waals surface area contributed by atoms with Gasteiger partial charge in [0.05, 0.1) is 31.9 Å². The SMILES string of the molecule is COc1cc(C(=O)c2cc(-c3ccc(F)cc3)sc2N)cc(OC)c1OC. The fraction of sp³-hybridized carbons (Fsp3) is 0.150. The molecule has 140 valence electrons.